The highest BCUT2D eigenvalue weighted by atomic mass is 32.1. The van der Waals surface area contributed by atoms with Crippen LogP contribution in [0.4, 0.5) is 9.93 Å². The van der Waals surface area contributed by atoms with Gasteiger partial charge in [0, 0.05) is 19.3 Å². The van der Waals surface area contributed by atoms with Crippen molar-refractivity contribution in [1.29, 1.82) is 0 Å². The van der Waals surface area contributed by atoms with Crippen molar-refractivity contribution in [3.63, 3.8) is 0 Å². The normalized spacial score (nSPS) is 19.2. The molecule has 2 fully saturated rings. The molecular formula is C20H22N8O6S2. The minimum atomic E-state index is -0.900. The number of rotatable bonds is 12. The third kappa shape index (κ3) is 6.94. The zero-order valence-corrected chi connectivity index (χ0v) is 20.5. The smallest absolute Gasteiger partial charge is 0.322 e. The SMILES string of the molecule is O=C(Cc1nnc(CCCCc2nnc(NC(=O)CC3NC(=O)NC3=O)s2)s1)CC1NC(=O)CC1=O. The number of aryl methyl sites for hydroxylation is 2. The number of hydrogen-bond donors (Lipinski definition) is 4. The fraction of sp³-hybridized carbons (Fsp3) is 0.500. The average Bonchev–Trinajstić information content (AvgIpc) is 3.56. The van der Waals surface area contributed by atoms with E-state index in [0.717, 1.165) is 22.9 Å². The standard InChI is InChI=1S/C20H22N8O6S2/c29-9(5-10-12(30)8-14(32)21-10)6-17-27-25-15(35-17)3-1-2-4-16-26-28-20(36-16)23-13(31)7-11-18(33)24-19(34)22-11/h10-11H,1-8H2,(H,21,32)(H,23,28,31)(H2,22,24,33,34). The van der Waals surface area contributed by atoms with Crippen LogP contribution in [0.5, 0.6) is 0 Å². The van der Waals surface area contributed by atoms with E-state index in [-0.39, 0.29) is 43.2 Å². The van der Waals surface area contributed by atoms with Gasteiger partial charge >= 0.3 is 6.03 Å². The first kappa shape index (κ1) is 25.4. The quantitative estimate of drug-likeness (QED) is 0.155. The third-order valence-electron chi connectivity index (χ3n) is 5.34. The number of urea groups is 1. The van der Waals surface area contributed by atoms with E-state index in [9.17, 15) is 28.8 Å². The van der Waals surface area contributed by atoms with E-state index in [1.807, 2.05) is 0 Å². The summed E-state index contributed by atoms with van der Waals surface area (Å²) < 4.78 is 0. The molecular weight excluding hydrogens is 512 g/mol. The topological polar surface area (TPSA) is 202 Å². The molecule has 2 saturated heterocycles. The van der Waals surface area contributed by atoms with Gasteiger partial charge in [0.2, 0.25) is 16.9 Å². The largest absolute Gasteiger partial charge is 0.345 e. The van der Waals surface area contributed by atoms with Gasteiger partial charge in [0.15, 0.2) is 5.78 Å². The monoisotopic (exact) mass is 534 g/mol. The van der Waals surface area contributed by atoms with Crippen molar-refractivity contribution in [2.45, 2.75) is 63.5 Å². The van der Waals surface area contributed by atoms with E-state index < -0.39 is 29.9 Å². The van der Waals surface area contributed by atoms with Gasteiger partial charge < -0.3 is 16.0 Å². The van der Waals surface area contributed by atoms with E-state index in [1.165, 1.54) is 22.7 Å². The Morgan fingerprint density at radius 3 is 2.22 bits per heavy atom. The molecule has 2 unspecified atom stereocenters. The molecule has 16 heteroatoms. The average molecular weight is 535 g/mol. The Hall–Kier alpha value is -3.66. The molecule has 2 aromatic rings. The van der Waals surface area contributed by atoms with Crippen LogP contribution in [-0.4, -0.2) is 67.8 Å². The number of nitrogens with zero attached hydrogens (tertiary/aromatic N) is 4. The molecule has 2 aromatic heterocycles. The van der Waals surface area contributed by atoms with Gasteiger partial charge in [-0.2, -0.15) is 0 Å². The molecule has 0 aromatic carbocycles. The highest BCUT2D eigenvalue weighted by Crippen LogP contribution is 2.20. The van der Waals surface area contributed by atoms with E-state index in [2.05, 4.69) is 41.7 Å². The molecule has 36 heavy (non-hydrogen) atoms. The number of hydrogen-bond acceptors (Lipinski definition) is 12. The van der Waals surface area contributed by atoms with Crippen molar-refractivity contribution < 1.29 is 28.8 Å². The van der Waals surface area contributed by atoms with Crippen molar-refractivity contribution in [2.75, 3.05) is 5.32 Å². The van der Waals surface area contributed by atoms with Crippen molar-refractivity contribution in [3.05, 3.63) is 15.0 Å². The Kier molecular flexibility index (Phi) is 8.04. The minimum absolute atomic E-state index is 0.0315. The number of amides is 5. The molecule has 2 aliphatic rings. The summed E-state index contributed by atoms with van der Waals surface area (Å²) in [7, 11) is 0. The zero-order valence-electron chi connectivity index (χ0n) is 18.9. The van der Waals surface area contributed by atoms with Crippen LogP contribution < -0.4 is 21.3 Å². The first-order valence-electron chi connectivity index (χ1n) is 11.1. The summed E-state index contributed by atoms with van der Waals surface area (Å²) in [5.41, 5.74) is 0. The molecule has 4 rings (SSSR count). The Morgan fingerprint density at radius 2 is 1.56 bits per heavy atom. The number of ketones is 2. The predicted octanol–water partition coefficient (Wildman–Crippen LogP) is -0.549. The Balaban J connectivity index is 1.13. The van der Waals surface area contributed by atoms with E-state index >= 15 is 0 Å². The molecule has 2 aliphatic heterocycles. The van der Waals surface area contributed by atoms with Crippen LogP contribution >= 0.6 is 22.7 Å². The number of imide groups is 1. The maximum Gasteiger partial charge on any atom is 0.322 e. The summed E-state index contributed by atoms with van der Waals surface area (Å²) in [6, 6.07) is -2.26. The molecule has 190 valence electrons. The molecule has 4 heterocycles. The number of aromatic nitrogens is 4. The summed E-state index contributed by atoms with van der Waals surface area (Å²) in [5, 5.41) is 28.1. The van der Waals surface area contributed by atoms with Gasteiger partial charge in [-0.3, -0.25) is 29.3 Å². The van der Waals surface area contributed by atoms with Crippen LogP contribution in [0.25, 0.3) is 0 Å². The van der Waals surface area contributed by atoms with Gasteiger partial charge in [-0.05, 0) is 12.8 Å². The molecule has 0 radical (unpaired) electrons. The highest BCUT2D eigenvalue weighted by molar-refractivity contribution is 7.15. The van der Waals surface area contributed by atoms with Crippen molar-refractivity contribution in [1.82, 2.24) is 36.3 Å². The lowest BCUT2D eigenvalue weighted by atomic mass is 10.1. The van der Waals surface area contributed by atoms with E-state index in [4.69, 9.17) is 0 Å². The molecule has 14 nitrogen and oxygen atoms in total. The molecule has 5 amide bonds. The minimum Gasteiger partial charge on any atom is -0.345 e. The third-order valence-corrected chi connectivity index (χ3v) is 7.22. The fourth-order valence-electron chi connectivity index (χ4n) is 3.62. The second-order valence-electron chi connectivity index (χ2n) is 8.25. The van der Waals surface area contributed by atoms with Crippen molar-refractivity contribution >= 4 is 63.1 Å². The number of Topliss-reactive ketones (excluding diaryl/α,β-unsaturated/α-hetero) is 2. The fourth-order valence-corrected chi connectivity index (χ4v) is 5.33. The van der Waals surface area contributed by atoms with Crippen LogP contribution in [0.3, 0.4) is 0 Å². The first-order valence-corrected chi connectivity index (χ1v) is 12.8. The maximum atomic E-state index is 12.2. The van der Waals surface area contributed by atoms with Crippen LogP contribution in [0.1, 0.15) is 47.1 Å². The van der Waals surface area contributed by atoms with Crippen LogP contribution in [0.15, 0.2) is 0 Å². The van der Waals surface area contributed by atoms with Crippen LogP contribution in [0, 0.1) is 0 Å². The zero-order chi connectivity index (χ0) is 25.7. The summed E-state index contributed by atoms with van der Waals surface area (Å²) in [4.78, 5) is 69.8. The van der Waals surface area contributed by atoms with Gasteiger partial charge in [-0.15, -0.1) is 31.7 Å². The lowest BCUT2D eigenvalue weighted by Crippen LogP contribution is -2.33. The highest BCUT2D eigenvalue weighted by Gasteiger charge is 2.32. The molecule has 0 spiro atoms. The second-order valence-corrected chi connectivity index (χ2v) is 10.5. The molecule has 2 atom stereocenters. The second kappa shape index (κ2) is 11.4. The number of carbonyl (C=O) groups is 6. The van der Waals surface area contributed by atoms with Gasteiger partial charge in [-0.25, -0.2) is 4.79 Å². The summed E-state index contributed by atoms with van der Waals surface area (Å²) in [6.07, 6.45) is 2.62. The Morgan fingerprint density at radius 1 is 0.861 bits per heavy atom. The maximum absolute atomic E-state index is 12.2. The number of carbonyl (C=O) groups excluding carboxylic acids is 6. The van der Waals surface area contributed by atoms with Crippen molar-refractivity contribution in [3.8, 4) is 0 Å². The summed E-state index contributed by atoms with van der Waals surface area (Å²) >= 11 is 2.58. The first-order chi connectivity index (χ1) is 17.2. The van der Waals surface area contributed by atoms with Crippen molar-refractivity contribution in [2.24, 2.45) is 0 Å². The van der Waals surface area contributed by atoms with E-state index in [1.54, 1.807) is 0 Å². The van der Waals surface area contributed by atoms with Gasteiger partial charge in [-0.1, -0.05) is 11.3 Å². The summed E-state index contributed by atoms with van der Waals surface area (Å²) in [6.45, 7) is 0. The lowest BCUT2D eigenvalue weighted by molar-refractivity contribution is -0.124. The number of anilines is 1. The Bertz CT molecular complexity index is 1120. The van der Waals surface area contributed by atoms with Crippen LogP contribution in [-0.2, 0) is 43.2 Å². The lowest BCUT2D eigenvalue weighted by Gasteiger charge is -2.06. The molecule has 4 N–H and O–H groups in total. The molecule has 0 aliphatic carbocycles. The van der Waals surface area contributed by atoms with E-state index in [0.29, 0.717) is 23.0 Å². The Labute approximate surface area is 212 Å². The number of nitrogens with one attached hydrogen (secondary N) is 4. The van der Waals surface area contributed by atoms with Gasteiger partial charge in [0.05, 0.1) is 25.3 Å². The number of unbranched alkanes of at least 4 members (excludes halogenated alkanes) is 1. The molecule has 0 saturated carbocycles. The van der Waals surface area contributed by atoms with Crippen LogP contribution in [0.2, 0.25) is 0 Å². The van der Waals surface area contributed by atoms with Gasteiger partial charge in [0.1, 0.15) is 26.8 Å². The molecule has 0 bridgehead atoms. The van der Waals surface area contributed by atoms with Gasteiger partial charge in [0.25, 0.3) is 5.91 Å². The predicted molar refractivity (Wildman–Crippen MR) is 125 cm³/mol. The summed E-state index contributed by atoms with van der Waals surface area (Å²) in [5.74, 6) is -1.78.